The smallest absolute Gasteiger partial charge is 0.202 e. The first kappa shape index (κ1) is 14.7. The Balaban J connectivity index is 2.08. The summed E-state index contributed by atoms with van der Waals surface area (Å²) >= 11 is 18.7. The maximum Gasteiger partial charge on any atom is 0.202 e. The number of carbonyl (C=O) groups excluding carboxylic acids is 1. The van der Waals surface area contributed by atoms with Gasteiger partial charge in [0.2, 0.25) is 5.78 Å². The predicted octanol–water partition coefficient (Wildman–Crippen LogP) is 5.28. The van der Waals surface area contributed by atoms with Crippen molar-refractivity contribution in [2.45, 2.75) is 6.92 Å². The molecule has 100 valence electrons. The molecule has 2 nitrogen and oxygen atoms in total. The minimum Gasteiger partial charge on any atom is -0.485 e. The Labute approximate surface area is 129 Å². The lowest BCUT2D eigenvalue weighted by Gasteiger charge is -2.08. The standard InChI is InChI=1S/C13H9Cl3O2S/c1-7-2-3-8(14)4-11(7)18-6-10(17)9-5-12(15)19-13(9)16/h2-5H,6H2,1H3. The topological polar surface area (TPSA) is 26.3 Å². The third-order valence-corrected chi connectivity index (χ3v) is 4.19. The van der Waals surface area contributed by atoms with Crippen molar-refractivity contribution in [2.24, 2.45) is 0 Å². The van der Waals surface area contributed by atoms with Crippen LogP contribution in [-0.4, -0.2) is 12.4 Å². The number of ketones is 1. The van der Waals surface area contributed by atoms with Crippen molar-refractivity contribution in [1.29, 1.82) is 0 Å². The summed E-state index contributed by atoms with van der Waals surface area (Å²) in [5.41, 5.74) is 1.29. The van der Waals surface area contributed by atoms with E-state index >= 15 is 0 Å². The molecule has 0 aliphatic carbocycles. The van der Waals surface area contributed by atoms with Gasteiger partial charge in [0.25, 0.3) is 0 Å². The molecule has 0 unspecified atom stereocenters. The lowest BCUT2D eigenvalue weighted by Crippen LogP contribution is -2.11. The second kappa shape index (κ2) is 6.14. The lowest BCUT2D eigenvalue weighted by atomic mass is 10.2. The molecule has 1 aromatic heterocycles. The van der Waals surface area contributed by atoms with Gasteiger partial charge in [-0.3, -0.25) is 4.79 Å². The fourth-order valence-corrected chi connectivity index (χ4v) is 3.14. The number of carbonyl (C=O) groups is 1. The van der Waals surface area contributed by atoms with Crippen LogP contribution in [-0.2, 0) is 0 Å². The van der Waals surface area contributed by atoms with Gasteiger partial charge >= 0.3 is 0 Å². The number of thiophene rings is 1. The summed E-state index contributed by atoms with van der Waals surface area (Å²) in [4.78, 5) is 12.0. The van der Waals surface area contributed by atoms with Crippen molar-refractivity contribution in [1.82, 2.24) is 0 Å². The van der Waals surface area contributed by atoms with E-state index in [0.29, 0.717) is 25.0 Å². The van der Waals surface area contributed by atoms with E-state index in [-0.39, 0.29) is 12.4 Å². The summed E-state index contributed by atoms with van der Waals surface area (Å²) in [5.74, 6) is 0.367. The number of benzene rings is 1. The van der Waals surface area contributed by atoms with Crippen LogP contribution in [0.25, 0.3) is 0 Å². The van der Waals surface area contributed by atoms with Crippen LogP contribution in [0.15, 0.2) is 24.3 Å². The molecule has 2 rings (SSSR count). The highest BCUT2D eigenvalue weighted by atomic mass is 35.5. The molecule has 0 amide bonds. The number of hydrogen-bond donors (Lipinski definition) is 0. The molecule has 0 spiro atoms. The summed E-state index contributed by atoms with van der Waals surface area (Å²) in [6.45, 7) is 1.78. The molecule has 1 aromatic carbocycles. The van der Waals surface area contributed by atoms with Crippen molar-refractivity contribution in [3.8, 4) is 5.75 Å². The zero-order chi connectivity index (χ0) is 14.0. The molecule has 6 heteroatoms. The SMILES string of the molecule is Cc1ccc(Cl)cc1OCC(=O)c1cc(Cl)sc1Cl. The van der Waals surface area contributed by atoms with Crippen LogP contribution in [0.2, 0.25) is 13.7 Å². The zero-order valence-corrected chi connectivity index (χ0v) is 13.0. The molecule has 0 radical (unpaired) electrons. The number of halogens is 3. The fourth-order valence-electron chi connectivity index (χ4n) is 1.48. The van der Waals surface area contributed by atoms with E-state index in [4.69, 9.17) is 39.5 Å². The largest absolute Gasteiger partial charge is 0.485 e. The highest BCUT2D eigenvalue weighted by Crippen LogP contribution is 2.31. The van der Waals surface area contributed by atoms with Crippen LogP contribution in [0.3, 0.4) is 0 Å². The molecule has 0 aliphatic rings. The average Bonchev–Trinajstić information content (AvgIpc) is 2.69. The number of aryl methyl sites for hydroxylation is 1. The number of rotatable bonds is 4. The Morgan fingerprint density at radius 1 is 1.26 bits per heavy atom. The van der Waals surface area contributed by atoms with Crippen LogP contribution in [0.5, 0.6) is 5.75 Å². The molecule has 0 saturated carbocycles. The van der Waals surface area contributed by atoms with Gasteiger partial charge in [-0.15, -0.1) is 11.3 Å². The van der Waals surface area contributed by atoms with Gasteiger partial charge in [0, 0.05) is 5.02 Å². The number of Topliss-reactive ketones (excluding diaryl/α,β-unsaturated/α-hetero) is 1. The quantitative estimate of drug-likeness (QED) is 0.711. The van der Waals surface area contributed by atoms with Gasteiger partial charge in [0.05, 0.1) is 9.90 Å². The van der Waals surface area contributed by atoms with Crippen LogP contribution in [0.1, 0.15) is 15.9 Å². The van der Waals surface area contributed by atoms with Gasteiger partial charge in [-0.05, 0) is 30.7 Å². The molecular weight excluding hydrogens is 327 g/mol. The predicted molar refractivity (Wildman–Crippen MR) is 80.4 cm³/mol. The minimum absolute atomic E-state index is 0.103. The van der Waals surface area contributed by atoms with E-state index in [2.05, 4.69) is 0 Å². The van der Waals surface area contributed by atoms with Crippen LogP contribution < -0.4 is 4.74 Å². The average molecular weight is 336 g/mol. The lowest BCUT2D eigenvalue weighted by molar-refractivity contribution is 0.0921. The van der Waals surface area contributed by atoms with Gasteiger partial charge < -0.3 is 4.74 Å². The normalized spacial score (nSPS) is 10.5. The van der Waals surface area contributed by atoms with Crippen molar-refractivity contribution in [3.05, 3.63) is 49.1 Å². The van der Waals surface area contributed by atoms with Gasteiger partial charge in [0.15, 0.2) is 6.61 Å². The first-order chi connectivity index (χ1) is 8.97. The molecule has 0 fully saturated rings. The molecule has 0 atom stereocenters. The maximum atomic E-state index is 12.0. The Morgan fingerprint density at radius 2 is 2.00 bits per heavy atom. The maximum absolute atomic E-state index is 12.0. The molecule has 2 aromatic rings. The summed E-state index contributed by atoms with van der Waals surface area (Å²) in [7, 11) is 0. The molecule has 0 saturated heterocycles. The highest BCUT2D eigenvalue weighted by Gasteiger charge is 2.15. The van der Waals surface area contributed by atoms with Crippen LogP contribution >= 0.6 is 46.1 Å². The van der Waals surface area contributed by atoms with Crippen LogP contribution in [0, 0.1) is 6.92 Å². The summed E-state index contributed by atoms with van der Waals surface area (Å²) in [6.07, 6.45) is 0. The molecule has 0 bridgehead atoms. The molecule has 0 N–H and O–H groups in total. The molecule has 0 aliphatic heterocycles. The van der Waals surface area contributed by atoms with E-state index in [1.54, 1.807) is 18.2 Å². The van der Waals surface area contributed by atoms with E-state index < -0.39 is 0 Å². The zero-order valence-electron chi connectivity index (χ0n) is 9.88. The molecule has 1 heterocycles. The van der Waals surface area contributed by atoms with Gasteiger partial charge in [0.1, 0.15) is 10.1 Å². The first-order valence-corrected chi connectivity index (χ1v) is 7.29. The van der Waals surface area contributed by atoms with Gasteiger partial charge in [-0.2, -0.15) is 0 Å². The van der Waals surface area contributed by atoms with Crippen molar-refractivity contribution in [2.75, 3.05) is 6.61 Å². The van der Waals surface area contributed by atoms with Gasteiger partial charge in [-0.25, -0.2) is 0 Å². The number of hydrogen-bond acceptors (Lipinski definition) is 3. The molecular formula is C13H9Cl3O2S. The van der Waals surface area contributed by atoms with E-state index in [1.807, 2.05) is 13.0 Å². The van der Waals surface area contributed by atoms with E-state index in [1.165, 1.54) is 0 Å². The number of ether oxygens (including phenoxy) is 1. The Hall–Kier alpha value is -0.740. The van der Waals surface area contributed by atoms with Crippen molar-refractivity contribution < 1.29 is 9.53 Å². The third-order valence-electron chi connectivity index (χ3n) is 2.47. The Morgan fingerprint density at radius 3 is 2.63 bits per heavy atom. The van der Waals surface area contributed by atoms with Crippen molar-refractivity contribution in [3.63, 3.8) is 0 Å². The molecule has 19 heavy (non-hydrogen) atoms. The monoisotopic (exact) mass is 334 g/mol. The fraction of sp³-hybridized carbons (Fsp3) is 0.154. The third kappa shape index (κ3) is 3.63. The highest BCUT2D eigenvalue weighted by molar-refractivity contribution is 7.20. The Kier molecular flexibility index (Phi) is 4.74. The van der Waals surface area contributed by atoms with E-state index in [9.17, 15) is 4.79 Å². The van der Waals surface area contributed by atoms with Crippen molar-refractivity contribution >= 4 is 51.9 Å². The van der Waals surface area contributed by atoms with Crippen LogP contribution in [0.4, 0.5) is 0 Å². The van der Waals surface area contributed by atoms with E-state index in [0.717, 1.165) is 16.9 Å². The summed E-state index contributed by atoms with van der Waals surface area (Å²) in [6, 6.07) is 6.81. The second-order valence-electron chi connectivity index (χ2n) is 3.86. The summed E-state index contributed by atoms with van der Waals surface area (Å²) in [5, 5.41) is 0.560. The van der Waals surface area contributed by atoms with Gasteiger partial charge in [-0.1, -0.05) is 40.9 Å². The minimum atomic E-state index is -0.215. The Bertz CT molecular complexity index is 622. The first-order valence-electron chi connectivity index (χ1n) is 5.34. The summed E-state index contributed by atoms with van der Waals surface area (Å²) < 4.78 is 6.32. The second-order valence-corrected chi connectivity index (χ2v) is 6.58.